The zero-order valence-electron chi connectivity index (χ0n) is 14.3. The van der Waals surface area contributed by atoms with Crippen molar-refractivity contribution in [2.75, 3.05) is 22.7 Å². The predicted molar refractivity (Wildman–Crippen MR) is 86.8 cm³/mol. The van der Waals surface area contributed by atoms with Crippen molar-refractivity contribution < 1.29 is 43.2 Å². The second kappa shape index (κ2) is 6.90. The first kappa shape index (κ1) is 23.0. The summed E-state index contributed by atoms with van der Waals surface area (Å²) in [5.74, 6) is 0. The summed E-state index contributed by atoms with van der Waals surface area (Å²) in [6, 6.07) is 0.856. The van der Waals surface area contributed by atoms with Gasteiger partial charge in [-0.2, -0.15) is 48.4 Å². The molecular weight excluding hydrogens is 456 g/mol. The zero-order valence-corrected chi connectivity index (χ0v) is 15.9. The summed E-state index contributed by atoms with van der Waals surface area (Å²) >= 11 is 0. The molecule has 1 aromatic rings. The summed E-state index contributed by atoms with van der Waals surface area (Å²) in [5.41, 5.74) is -6.70. The van der Waals surface area contributed by atoms with Crippen molar-refractivity contribution in [3.8, 4) is 6.07 Å². The van der Waals surface area contributed by atoms with Gasteiger partial charge in [-0.05, 0) is 12.1 Å². The normalized spacial score (nSPS) is 18.0. The fourth-order valence-electron chi connectivity index (χ4n) is 2.56. The molecule has 0 bridgehead atoms. The van der Waals surface area contributed by atoms with E-state index in [1.165, 1.54) is 6.07 Å². The van der Waals surface area contributed by atoms with Crippen molar-refractivity contribution in [3.63, 3.8) is 0 Å². The number of benzene rings is 1. The highest BCUT2D eigenvalue weighted by atomic mass is 32.2. The van der Waals surface area contributed by atoms with Crippen LogP contribution < -0.4 is 18.1 Å². The minimum Gasteiger partial charge on any atom is -0.219 e. The average molecular weight is 467 g/mol. The number of hydrogen-bond donors (Lipinski definition) is 2. The van der Waals surface area contributed by atoms with Gasteiger partial charge >= 0.3 is 32.8 Å². The first-order valence-electron chi connectivity index (χ1n) is 7.20. The molecule has 0 spiro atoms. The Balaban J connectivity index is 3.11. The summed E-state index contributed by atoms with van der Waals surface area (Å²) in [7, 11) is -8.33. The molecular formula is C12H11F6N5O4S2. The lowest BCUT2D eigenvalue weighted by Gasteiger charge is -2.26. The number of nitrogens with one attached hydrogen (secondary N) is 2. The zero-order chi connectivity index (χ0) is 22.6. The Morgan fingerprint density at radius 3 is 1.79 bits per heavy atom. The second-order valence-electron chi connectivity index (χ2n) is 5.40. The number of nitrogens with zero attached hydrogens (tertiary/aromatic N) is 3. The Hall–Kier alpha value is -2.29. The van der Waals surface area contributed by atoms with E-state index in [1.54, 1.807) is 9.44 Å². The molecule has 1 aromatic carbocycles. The Bertz CT molecular complexity index is 1080. The van der Waals surface area contributed by atoms with Crippen LogP contribution in [0.1, 0.15) is 11.1 Å². The van der Waals surface area contributed by atoms with Gasteiger partial charge in [-0.25, -0.2) is 18.1 Å². The van der Waals surface area contributed by atoms with Crippen molar-refractivity contribution >= 4 is 31.8 Å². The highest BCUT2D eigenvalue weighted by molar-refractivity contribution is 7.92. The van der Waals surface area contributed by atoms with Crippen LogP contribution in [-0.4, -0.2) is 37.1 Å². The number of nitriles is 1. The highest BCUT2D eigenvalue weighted by Gasteiger charge is 2.53. The molecule has 17 heteroatoms. The van der Waals surface area contributed by atoms with Gasteiger partial charge in [-0.1, -0.05) is 0 Å². The smallest absolute Gasteiger partial charge is 0.219 e. The van der Waals surface area contributed by atoms with E-state index < -0.39 is 61.4 Å². The Labute approximate surface area is 160 Å². The van der Waals surface area contributed by atoms with Gasteiger partial charge in [0.2, 0.25) is 6.17 Å². The Kier molecular flexibility index (Phi) is 5.47. The lowest BCUT2D eigenvalue weighted by Crippen LogP contribution is -2.52. The Morgan fingerprint density at radius 1 is 0.931 bits per heavy atom. The van der Waals surface area contributed by atoms with Crippen molar-refractivity contribution in [2.45, 2.75) is 18.5 Å². The maximum absolute atomic E-state index is 13.5. The largest absolute Gasteiger partial charge is 0.418 e. The number of anilines is 2. The molecule has 2 N–H and O–H groups in total. The van der Waals surface area contributed by atoms with Crippen LogP contribution in [0, 0.1) is 11.3 Å². The van der Waals surface area contributed by atoms with Gasteiger partial charge in [0, 0.05) is 14.1 Å². The van der Waals surface area contributed by atoms with Crippen molar-refractivity contribution in [3.05, 3.63) is 23.3 Å². The lowest BCUT2D eigenvalue weighted by molar-refractivity contribution is -0.142. The summed E-state index contributed by atoms with van der Waals surface area (Å²) in [4.78, 5) is 0. The fraction of sp³-hybridized carbons (Fsp3) is 0.417. The maximum Gasteiger partial charge on any atom is 0.418 e. The van der Waals surface area contributed by atoms with E-state index in [9.17, 15) is 48.4 Å². The van der Waals surface area contributed by atoms with Gasteiger partial charge in [0.05, 0.1) is 22.5 Å². The molecule has 2 rings (SSSR count). The third-order valence-electron chi connectivity index (χ3n) is 3.77. The SMILES string of the molecule is CNS(=O)(=O)N1c2cc(C(F)(F)F)cc(C(F)(F)F)c2N(S(=O)(=O)NC)C1C#N. The molecule has 0 radical (unpaired) electrons. The molecule has 9 nitrogen and oxygen atoms in total. The summed E-state index contributed by atoms with van der Waals surface area (Å²) in [6.45, 7) is 0. The van der Waals surface area contributed by atoms with Crippen LogP contribution in [0.2, 0.25) is 0 Å². The molecule has 1 atom stereocenters. The van der Waals surface area contributed by atoms with E-state index >= 15 is 0 Å². The predicted octanol–water partition coefficient (Wildman–Crippen LogP) is 1.13. The van der Waals surface area contributed by atoms with Crippen LogP contribution in [0.15, 0.2) is 12.1 Å². The van der Waals surface area contributed by atoms with Gasteiger partial charge < -0.3 is 0 Å². The molecule has 1 aliphatic heterocycles. The molecule has 0 aliphatic carbocycles. The fourth-order valence-corrected chi connectivity index (χ4v) is 4.65. The van der Waals surface area contributed by atoms with Crippen molar-refractivity contribution in [1.29, 1.82) is 5.26 Å². The quantitative estimate of drug-likeness (QED) is 0.643. The van der Waals surface area contributed by atoms with Crippen LogP contribution >= 0.6 is 0 Å². The number of alkyl halides is 6. The molecule has 29 heavy (non-hydrogen) atoms. The maximum atomic E-state index is 13.5. The van der Waals surface area contributed by atoms with Crippen LogP contribution in [0.25, 0.3) is 0 Å². The molecule has 0 aromatic heterocycles. The summed E-state index contributed by atoms with van der Waals surface area (Å²) in [5, 5.41) is 9.30. The van der Waals surface area contributed by atoms with E-state index in [-0.39, 0.29) is 20.7 Å². The van der Waals surface area contributed by atoms with E-state index in [0.717, 1.165) is 14.1 Å². The Morgan fingerprint density at radius 2 is 1.41 bits per heavy atom. The minimum absolute atomic E-state index is 0.0228. The molecule has 1 aliphatic rings. The van der Waals surface area contributed by atoms with Crippen LogP contribution in [0.5, 0.6) is 0 Å². The van der Waals surface area contributed by atoms with E-state index in [0.29, 0.717) is 0 Å². The summed E-state index contributed by atoms with van der Waals surface area (Å²) in [6.07, 6.45) is -13.3. The molecule has 1 heterocycles. The van der Waals surface area contributed by atoms with E-state index in [1.807, 2.05) is 0 Å². The van der Waals surface area contributed by atoms with Crippen LogP contribution in [-0.2, 0) is 32.8 Å². The minimum atomic E-state index is -5.52. The second-order valence-corrected chi connectivity index (χ2v) is 8.90. The van der Waals surface area contributed by atoms with Gasteiger partial charge in [0.15, 0.2) is 0 Å². The average Bonchev–Trinajstić information content (AvgIpc) is 2.94. The van der Waals surface area contributed by atoms with Crippen molar-refractivity contribution in [2.24, 2.45) is 0 Å². The molecule has 0 saturated carbocycles. The lowest BCUT2D eigenvalue weighted by atomic mass is 10.1. The number of hydrogen-bond acceptors (Lipinski definition) is 5. The van der Waals surface area contributed by atoms with Gasteiger partial charge in [0.1, 0.15) is 6.07 Å². The van der Waals surface area contributed by atoms with Crippen molar-refractivity contribution in [1.82, 2.24) is 9.44 Å². The van der Waals surface area contributed by atoms with Crippen LogP contribution in [0.3, 0.4) is 0 Å². The molecule has 162 valence electrons. The first-order chi connectivity index (χ1) is 13.0. The number of rotatable bonds is 4. The molecule has 0 fully saturated rings. The first-order valence-corrected chi connectivity index (χ1v) is 10.1. The van der Waals surface area contributed by atoms with Gasteiger partial charge in [-0.15, -0.1) is 0 Å². The van der Waals surface area contributed by atoms with E-state index in [2.05, 4.69) is 0 Å². The molecule has 1 unspecified atom stereocenters. The third kappa shape index (κ3) is 3.80. The molecule has 0 amide bonds. The topological polar surface area (TPSA) is 123 Å². The van der Waals surface area contributed by atoms with E-state index in [4.69, 9.17) is 0 Å². The third-order valence-corrected chi connectivity index (χ3v) is 6.62. The highest BCUT2D eigenvalue weighted by Crippen LogP contribution is 2.51. The van der Waals surface area contributed by atoms with Crippen LogP contribution in [0.4, 0.5) is 37.7 Å². The summed E-state index contributed by atoms with van der Waals surface area (Å²) < 4.78 is 132. The standard InChI is InChI=1S/C12H11F6N5O4S2/c1-20-28(24,25)22-8-4-6(11(13,14)15)3-7(12(16,17)18)10(8)23(9(22)5-19)29(26,27)21-2/h3-4,9,20-21H,1-2H3. The van der Waals surface area contributed by atoms with Gasteiger partial charge in [0.25, 0.3) is 0 Å². The number of halogens is 6. The monoisotopic (exact) mass is 467 g/mol. The molecule has 0 saturated heterocycles. The number of fused-ring (bicyclic) bond motifs is 1. The van der Waals surface area contributed by atoms with Gasteiger partial charge in [-0.3, -0.25) is 0 Å².